The van der Waals surface area contributed by atoms with Crippen molar-refractivity contribution in [1.29, 1.82) is 0 Å². The molecule has 1 amide bonds. The van der Waals surface area contributed by atoms with Crippen molar-refractivity contribution in [3.8, 4) is 5.75 Å². The minimum atomic E-state index is -5.08. The number of alkyl halides is 6. The van der Waals surface area contributed by atoms with E-state index in [4.69, 9.17) is 19.7 Å². The van der Waals surface area contributed by atoms with Gasteiger partial charge in [0, 0.05) is 37.1 Å². The number of halogens is 6. The molecule has 2 heterocycles. The second kappa shape index (κ2) is 13.5. The van der Waals surface area contributed by atoms with Gasteiger partial charge in [-0.05, 0) is 36.1 Å². The van der Waals surface area contributed by atoms with E-state index in [1.54, 1.807) is 23.1 Å². The van der Waals surface area contributed by atoms with Crippen molar-refractivity contribution in [2.45, 2.75) is 52.2 Å². The number of ether oxygens (including phenoxy) is 1. The standard InChI is InChI=1S/C22H27F3N4O4.C2HF3O2/c1-14(2)11-28-12-16(21(27-28)22(23,24)25)13-33-17-3-4-18-15(9-17)6-8-29(18)19(30)10-26-7-5-20(31)32;3-2(4,5)1(6)7/h3-4,9,12,14,26H,5-8,10-11,13H2,1-2H3,(H,31,32);(H,6,7). The van der Waals surface area contributed by atoms with Crippen LogP contribution in [-0.2, 0) is 40.1 Å². The van der Waals surface area contributed by atoms with E-state index < -0.39 is 30.0 Å². The van der Waals surface area contributed by atoms with E-state index >= 15 is 0 Å². The molecule has 0 saturated heterocycles. The Bertz CT molecular complexity index is 1200. The van der Waals surface area contributed by atoms with Gasteiger partial charge >= 0.3 is 24.3 Å². The van der Waals surface area contributed by atoms with Gasteiger partial charge in [0.25, 0.3) is 0 Å². The Morgan fingerprint density at radius 2 is 1.77 bits per heavy atom. The van der Waals surface area contributed by atoms with E-state index in [1.807, 2.05) is 13.8 Å². The molecule has 0 aliphatic carbocycles. The summed E-state index contributed by atoms with van der Waals surface area (Å²) in [5.74, 6) is -3.32. The van der Waals surface area contributed by atoms with Gasteiger partial charge in [0.05, 0.1) is 13.0 Å². The van der Waals surface area contributed by atoms with E-state index in [2.05, 4.69) is 10.4 Å². The van der Waals surface area contributed by atoms with Crippen molar-refractivity contribution in [1.82, 2.24) is 15.1 Å². The lowest BCUT2D eigenvalue weighted by atomic mass is 10.1. The Morgan fingerprint density at radius 3 is 2.33 bits per heavy atom. The summed E-state index contributed by atoms with van der Waals surface area (Å²) >= 11 is 0. The highest BCUT2D eigenvalue weighted by Gasteiger charge is 2.38. The normalized spacial score (nSPS) is 13.1. The van der Waals surface area contributed by atoms with Crippen LogP contribution in [0.25, 0.3) is 0 Å². The molecule has 0 saturated carbocycles. The van der Waals surface area contributed by atoms with Gasteiger partial charge < -0.3 is 25.2 Å². The highest BCUT2D eigenvalue weighted by Crippen LogP contribution is 2.34. The number of carbonyl (C=O) groups is 3. The molecule has 222 valence electrons. The van der Waals surface area contributed by atoms with Crippen molar-refractivity contribution >= 4 is 23.5 Å². The smallest absolute Gasteiger partial charge is 0.489 e. The summed E-state index contributed by atoms with van der Waals surface area (Å²) in [6, 6.07) is 5.06. The Balaban J connectivity index is 0.000000708. The Hall–Kier alpha value is -3.82. The average molecular weight is 582 g/mol. The third-order valence-electron chi connectivity index (χ3n) is 5.33. The zero-order valence-electron chi connectivity index (χ0n) is 21.5. The van der Waals surface area contributed by atoms with Crippen LogP contribution < -0.4 is 15.0 Å². The van der Waals surface area contributed by atoms with Gasteiger partial charge in [0.1, 0.15) is 12.4 Å². The lowest BCUT2D eigenvalue weighted by Crippen LogP contribution is -2.37. The van der Waals surface area contributed by atoms with E-state index in [9.17, 15) is 35.9 Å². The fourth-order valence-corrected chi connectivity index (χ4v) is 3.65. The van der Waals surface area contributed by atoms with Crippen molar-refractivity contribution in [3.05, 3.63) is 41.2 Å². The number of carboxylic acid groups (broad SMARTS) is 2. The molecule has 0 atom stereocenters. The van der Waals surface area contributed by atoms with Gasteiger partial charge in [-0.1, -0.05) is 13.8 Å². The fraction of sp³-hybridized carbons (Fsp3) is 0.500. The zero-order valence-corrected chi connectivity index (χ0v) is 21.5. The van der Waals surface area contributed by atoms with E-state index in [0.717, 1.165) is 5.56 Å². The fourth-order valence-electron chi connectivity index (χ4n) is 3.65. The summed E-state index contributed by atoms with van der Waals surface area (Å²) in [5, 5.41) is 22.3. The molecule has 1 aliphatic rings. The van der Waals surface area contributed by atoms with Crippen molar-refractivity contribution in [2.24, 2.45) is 5.92 Å². The molecular formula is C24H28F6N4O6. The highest BCUT2D eigenvalue weighted by molar-refractivity contribution is 5.96. The minimum Gasteiger partial charge on any atom is -0.489 e. The first-order valence-electron chi connectivity index (χ1n) is 11.9. The van der Waals surface area contributed by atoms with Crippen molar-refractivity contribution in [3.63, 3.8) is 0 Å². The number of amides is 1. The molecule has 0 bridgehead atoms. The highest BCUT2D eigenvalue weighted by atomic mass is 19.4. The number of carboxylic acids is 2. The summed E-state index contributed by atoms with van der Waals surface area (Å²) in [7, 11) is 0. The van der Waals surface area contributed by atoms with E-state index in [-0.39, 0.29) is 43.5 Å². The predicted octanol–water partition coefficient (Wildman–Crippen LogP) is 3.72. The number of hydrogen-bond acceptors (Lipinski definition) is 6. The maximum absolute atomic E-state index is 13.4. The second-order valence-corrected chi connectivity index (χ2v) is 9.11. The van der Waals surface area contributed by atoms with Gasteiger partial charge in [0.2, 0.25) is 5.91 Å². The lowest BCUT2D eigenvalue weighted by molar-refractivity contribution is -0.192. The number of hydrogen-bond donors (Lipinski definition) is 3. The number of aliphatic carboxylic acids is 2. The number of rotatable bonds is 10. The minimum absolute atomic E-state index is 0.0194. The third kappa shape index (κ3) is 9.73. The molecule has 1 aliphatic heterocycles. The molecule has 0 spiro atoms. The lowest BCUT2D eigenvalue weighted by Gasteiger charge is -2.18. The number of aromatic nitrogens is 2. The SMILES string of the molecule is CC(C)Cn1cc(COc2ccc3c(c2)CCN3C(=O)CNCCC(=O)O)c(C(F)(F)F)n1.O=C(O)C(F)(F)F. The van der Waals surface area contributed by atoms with Crippen LogP contribution in [0.2, 0.25) is 0 Å². The first-order valence-corrected chi connectivity index (χ1v) is 11.9. The zero-order chi connectivity index (χ0) is 30.3. The maximum atomic E-state index is 13.4. The summed E-state index contributed by atoms with van der Waals surface area (Å²) in [6.07, 6.45) is -7.77. The summed E-state index contributed by atoms with van der Waals surface area (Å²) < 4.78 is 78.8. The maximum Gasteiger partial charge on any atom is 0.490 e. The Labute approximate surface area is 224 Å². The first-order chi connectivity index (χ1) is 18.5. The van der Waals surface area contributed by atoms with Crippen LogP contribution in [-0.4, -0.2) is 63.6 Å². The molecule has 0 radical (unpaired) electrons. The van der Waals surface area contributed by atoms with Crippen LogP contribution in [0.1, 0.15) is 37.1 Å². The van der Waals surface area contributed by atoms with Crippen LogP contribution in [0.3, 0.4) is 0 Å². The summed E-state index contributed by atoms with van der Waals surface area (Å²) in [5.41, 5.74) is 0.593. The molecule has 1 aromatic heterocycles. The molecule has 16 heteroatoms. The number of carbonyl (C=O) groups excluding carboxylic acids is 1. The van der Waals surface area contributed by atoms with Gasteiger partial charge in [-0.2, -0.15) is 31.4 Å². The second-order valence-electron chi connectivity index (χ2n) is 9.11. The van der Waals surface area contributed by atoms with Crippen LogP contribution in [0, 0.1) is 5.92 Å². The summed E-state index contributed by atoms with van der Waals surface area (Å²) in [4.78, 5) is 33.5. The van der Waals surface area contributed by atoms with Crippen molar-refractivity contribution in [2.75, 3.05) is 24.5 Å². The monoisotopic (exact) mass is 582 g/mol. The van der Waals surface area contributed by atoms with E-state index in [0.29, 0.717) is 30.9 Å². The van der Waals surface area contributed by atoms with E-state index in [1.165, 1.54) is 10.9 Å². The molecule has 40 heavy (non-hydrogen) atoms. The third-order valence-corrected chi connectivity index (χ3v) is 5.33. The van der Waals surface area contributed by atoms with Gasteiger partial charge in [0.15, 0.2) is 5.69 Å². The Morgan fingerprint density at radius 1 is 1.12 bits per heavy atom. The van der Waals surface area contributed by atoms with Crippen LogP contribution >= 0.6 is 0 Å². The predicted molar refractivity (Wildman–Crippen MR) is 128 cm³/mol. The van der Waals surface area contributed by atoms with Gasteiger partial charge in [-0.25, -0.2) is 4.79 Å². The van der Waals surface area contributed by atoms with Gasteiger partial charge in [-0.3, -0.25) is 14.3 Å². The molecule has 3 rings (SSSR count). The topological polar surface area (TPSA) is 134 Å². The number of anilines is 1. The number of fused-ring (bicyclic) bond motifs is 1. The first kappa shape index (κ1) is 32.4. The number of nitrogens with zero attached hydrogens (tertiary/aromatic N) is 3. The average Bonchev–Trinajstić information content (AvgIpc) is 3.43. The largest absolute Gasteiger partial charge is 0.490 e. The molecule has 3 N–H and O–H groups in total. The number of benzene rings is 1. The molecule has 0 unspecified atom stereocenters. The molecule has 0 fully saturated rings. The van der Waals surface area contributed by atoms with Crippen molar-refractivity contribution < 1.29 is 55.7 Å². The molecule has 10 nitrogen and oxygen atoms in total. The van der Waals surface area contributed by atoms with Crippen LogP contribution in [0.4, 0.5) is 32.0 Å². The summed E-state index contributed by atoms with van der Waals surface area (Å²) in [6.45, 7) is 4.58. The number of nitrogens with one attached hydrogen (secondary N) is 1. The van der Waals surface area contributed by atoms with Crippen LogP contribution in [0.15, 0.2) is 24.4 Å². The Kier molecular flexibility index (Phi) is 10.9. The van der Waals surface area contributed by atoms with Crippen LogP contribution in [0.5, 0.6) is 5.75 Å². The molecule has 1 aromatic carbocycles. The quantitative estimate of drug-likeness (QED) is 0.285. The molecular weight excluding hydrogens is 554 g/mol. The molecule has 2 aromatic rings. The van der Waals surface area contributed by atoms with Gasteiger partial charge in [-0.15, -0.1) is 0 Å².